The Labute approximate surface area is 215 Å². The molecule has 1 atom stereocenters. The van der Waals surface area contributed by atoms with Gasteiger partial charge >= 0.3 is 0 Å². The SMILES string of the molecule is Cc1cc(C)cc(OCC(=O)N(Cc2ccccc2C)[C@H](Cc2ccccc2)C(=O)NCC(C)C)c1. The average Bonchev–Trinajstić information content (AvgIpc) is 2.84. The van der Waals surface area contributed by atoms with Crippen LogP contribution >= 0.6 is 0 Å². The summed E-state index contributed by atoms with van der Waals surface area (Å²) < 4.78 is 5.93. The number of rotatable bonds is 11. The van der Waals surface area contributed by atoms with Gasteiger partial charge in [-0.1, -0.05) is 74.5 Å². The van der Waals surface area contributed by atoms with E-state index in [4.69, 9.17) is 4.74 Å². The molecule has 5 nitrogen and oxygen atoms in total. The number of hydrogen-bond donors (Lipinski definition) is 1. The Bertz CT molecular complexity index is 1140. The minimum absolute atomic E-state index is 0.141. The van der Waals surface area contributed by atoms with Gasteiger partial charge in [-0.3, -0.25) is 9.59 Å². The number of carbonyl (C=O) groups excluding carboxylic acids is 2. The minimum atomic E-state index is -0.666. The van der Waals surface area contributed by atoms with Crippen LogP contribution in [-0.4, -0.2) is 35.9 Å². The van der Waals surface area contributed by atoms with E-state index in [1.165, 1.54) is 0 Å². The second-order valence-corrected chi connectivity index (χ2v) is 9.90. The molecule has 0 aliphatic carbocycles. The van der Waals surface area contributed by atoms with Crippen molar-refractivity contribution in [3.63, 3.8) is 0 Å². The van der Waals surface area contributed by atoms with Crippen LogP contribution in [0.15, 0.2) is 72.8 Å². The van der Waals surface area contributed by atoms with Crippen LogP contribution in [0.3, 0.4) is 0 Å². The molecule has 1 N–H and O–H groups in total. The van der Waals surface area contributed by atoms with Crippen molar-refractivity contribution in [3.05, 3.63) is 101 Å². The number of benzene rings is 3. The van der Waals surface area contributed by atoms with Crippen LogP contribution in [0.4, 0.5) is 0 Å². The van der Waals surface area contributed by atoms with Crippen LogP contribution in [0.25, 0.3) is 0 Å². The molecule has 0 heterocycles. The first-order chi connectivity index (χ1) is 17.2. The molecular formula is C31H38N2O3. The van der Waals surface area contributed by atoms with Gasteiger partial charge in [-0.2, -0.15) is 0 Å². The van der Waals surface area contributed by atoms with E-state index in [0.29, 0.717) is 31.2 Å². The summed E-state index contributed by atoms with van der Waals surface area (Å²) in [6.07, 6.45) is 0.423. The van der Waals surface area contributed by atoms with Crippen molar-refractivity contribution in [2.45, 2.75) is 53.6 Å². The number of amides is 2. The summed E-state index contributed by atoms with van der Waals surface area (Å²) in [6.45, 7) is 10.9. The van der Waals surface area contributed by atoms with Gasteiger partial charge in [0.05, 0.1) is 0 Å². The highest BCUT2D eigenvalue weighted by atomic mass is 16.5. The molecule has 0 aliphatic rings. The van der Waals surface area contributed by atoms with Crippen molar-refractivity contribution in [1.29, 1.82) is 0 Å². The molecule has 0 spiro atoms. The zero-order valence-corrected chi connectivity index (χ0v) is 22.1. The van der Waals surface area contributed by atoms with Crippen molar-refractivity contribution in [1.82, 2.24) is 10.2 Å². The summed E-state index contributed by atoms with van der Waals surface area (Å²) in [4.78, 5) is 28.9. The lowest BCUT2D eigenvalue weighted by atomic mass is 10.0. The lowest BCUT2D eigenvalue weighted by Gasteiger charge is -2.32. The quantitative estimate of drug-likeness (QED) is 0.395. The van der Waals surface area contributed by atoms with Crippen molar-refractivity contribution >= 4 is 11.8 Å². The second-order valence-electron chi connectivity index (χ2n) is 9.90. The third-order valence-corrected chi connectivity index (χ3v) is 6.12. The van der Waals surface area contributed by atoms with Gasteiger partial charge < -0.3 is 15.0 Å². The van der Waals surface area contributed by atoms with Gasteiger partial charge in [0.2, 0.25) is 5.91 Å². The van der Waals surface area contributed by atoms with Crippen LogP contribution in [0.5, 0.6) is 5.75 Å². The molecule has 3 aromatic rings. The smallest absolute Gasteiger partial charge is 0.261 e. The predicted octanol–water partition coefficient (Wildman–Crippen LogP) is 5.40. The molecule has 2 amide bonds. The molecule has 190 valence electrons. The minimum Gasteiger partial charge on any atom is -0.484 e. The molecule has 0 unspecified atom stereocenters. The maximum absolute atomic E-state index is 13.7. The molecule has 0 saturated heterocycles. The van der Waals surface area contributed by atoms with Gasteiger partial charge in [0.25, 0.3) is 5.91 Å². The van der Waals surface area contributed by atoms with Crippen molar-refractivity contribution in [2.75, 3.05) is 13.2 Å². The largest absolute Gasteiger partial charge is 0.484 e. The first-order valence-electron chi connectivity index (χ1n) is 12.6. The van der Waals surface area contributed by atoms with Gasteiger partial charge in [0.15, 0.2) is 6.61 Å². The normalized spacial score (nSPS) is 11.7. The van der Waals surface area contributed by atoms with E-state index in [9.17, 15) is 9.59 Å². The van der Waals surface area contributed by atoms with Crippen LogP contribution < -0.4 is 10.1 Å². The number of carbonyl (C=O) groups is 2. The third kappa shape index (κ3) is 7.98. The van der Waals surface area contributed by atoms with E-state index >= 15 is 0 Å². The first-order valence-corrected chi connectivity index (χ1v) is 12.6. The van der Waals surface area contributed by atoms with Crippen molar-refractivity contribution in [2.24, 2.45) is 5.92 Å². The molecule has 0 aromatic heterocycles. The Morgan fingerprint density at radius 2 is 1.53 bits per heavy atom. The zero-order valence-electron chi connectivity index (χ0n) is 22.1. The summed E-state index contributed by atoms with van der Waals surface area (Å²) in [5.41, 5.74) is 5.23. The standard InChI is InChI=1S/C31H38N2O3/c1-22(2)19-32-31(35)29(18-26-12-7-6-8-13-26)33(20-27-14-10-9-11-25(27)5)30(34)21-36-28-16-23(3)15-24(4)17-28/h6-17,22,29H,18-21H2,1-5H3,(H,32,35)/t29-/m1/s1. The number of nitrogens with zero attached hydrogens (tertiary/aromatic N) is 1. The van der Waals surface area contributed by atoms with Gasteiger partial charge in [-0.25, -0.2) is 0 Å². The molecule has 0 saturated carbocycles. The predicted molar refractivity (Wildman–Crippen MR) is 145 cm³/mol. The number of hydrogen-bond acceptors (Lipinski definition) is 3. The van der Waals surface area contributed by atoms with E-state index in [2.05, 4.69) is 25.2 Å². The molecule has 0 radical (unpaired) electrons. The Morgan fingerprint density at radius 3 is 2.17 bits per heavy atom. The highest BCUT2D eigenvalue weighted by molar-refractivity contribution is 5.88. The maximum atomic E-state index is 13.7. The summed E-state index contributed by atoms with van der Waals surface area (Å²) >= 11 is 0. The van der Waals surface area contributed by atoms with Crippen molar-refractivity contribution < 1.29 is 14.3 Å². The first kappa shape index (κ1) is 27.0. The van der Waals surface area contributed by atoms with E-state index in [1.807, 2.05) is 87.5 Å². The van der Waals surface area contributed by atoms with Gasteiger partial charge in [-0.15, -0.1) is 0 Å². The molecule has 5 heteroatoms. The second kappa shape index (κ2) is 12.9. The monoisotopic (exact) mass is 486 g/mol. The van der Waals surface area contributed by atoms with Crippen LogP contribution in [-0.2, 0) is 22.6 Å². The molecule has 0 fully saturated rings. The number of ether oxygens (including phenoxy) is 1. The van der Waals surface area contributed by atoms with Crippen LogP contribution in [0, 0.1) is 26.7 Å². The lowest BCUT2D eigenvalue weighted by molar-refractivity contribution is -0.142. The lowest BCUT2D eigenvalue weighted by Crippen LogP contribution is -2.52. The molecule has 36 heavy (non-hydrogen) atoms. The summed E-state index contributed by atoms with van der Waals surface area (Å²) in [6, 6.07) is 23.0. The molecule has 3 rings (SSSR count). The van der Waals surface area contributed by atoms with Gasteiger partial charge in [-0.05, 0) is 66.6 Å². The molecule has 0 aliphatic heterocycles. The summed E-state index contributed by atoms with van der Waals surface area (Å²) in [7, 11) is 0. The van der Waals surface area contributed by atoms with Crippen molar-refractivity contribution in [3.8, 4) is 5.75 Å². The maximum Gasteiger partial charge on any atom is 0.261 e. The Morgan fingerprint density at radius 1 is 0.889 bits per heavy atom. The highest BCUT2D eigenvalue weighted by Crippen LogP contribution is 2.19. The summed E-state index contributed by atoms with van der Waals surface area (Å²) in [5, 5.41) is 3.05. The summed E-state index contributed by atoms with van der Waals surface area (Å²) in [5.74, 6) is 0.583. The fourth-order valence-electron chi connectivity index (χ4n) is 4.19. The molecule has 0 bridgehead atoms. The fraction of sp³-hybridized carbons (Fsp3) is 0.355. The van der Waals surface area contributed by atoms with E-state index < -0.39 is 6.04 Å². The number of nitrogens with one attached hydrogen (secondary N) is 1. The molecular weight excluding hydrogens is 448 g/mol. The third-order valence-electron chi connectivity index (χ3n) is 6.12. The fourth-order valence-corrected chi connectivity index (χ4v) is 4.19. The highest BCUT2D eigenvalue weighted by Gasteiger charge is 2.31. The van der Waals surface area contributed by atoms with E-state index in [-0.39, 0.29) is 18.4 Å². The van der Waals surface area contributed by atoms with Crippen LogP contribution in [0.1, 0.15) is 41.7 Å². The average molecular weight is 487 g/mol. The Kier molecular flexibility index (Phi) is 9.69. The number of aryl methyl sites for hydroxylation is 3. The van der Waals surface area contributed by atoms with E-state index in [1.54, 1.807) is 4.90 Å². The van der Waals surface area contributed by atoms with Crippen LogP contribution in [0.2, 0.25) is 0 Å². The Balaban J connectivity index is 1.92. The van der Waals surface area contributed by atoms with Gasteiger partial charge in [0, 0.05) is 19.5 Å². The Hall–Kier alpha value is -3.60. The molecule has 3 aromatic carbocycles. The van der Waals surface area contributed by atoms with E-state index in [0.717, 1.165) is 27.8 Å². The zero-order chi connectivity index (χ0) is 26.1. The van der Waals surface area contributed by atoms with Gasteiger partial charge in [0.1, 0.15) is 11.8 Å². The topological polar surface area (TPSA) is 58.6 Å².